The largest absolute Gasteiger partial charge is 0.396 e. The van der Waals surface area contributed by atoms with Crippen LogP contribution in [-0.2, 0) is 6.42 Å². The van der Waals surface area contributed by atoms with Crippen molar-refractivity contribution in [3.63, 3.8) is 0 Å². The fourth-order valence-corrected chi connectivity index (χ4v) is 0.945. The van der Waals surface area contributed by atoms with Crippen molar-refractivity contribution in [3.8, 4) is 11.6 Å². The lowest BCUT2D eigenvalue weighted by Crippen LogP contribution is -2.12. The molecule has 16 heavy (non-hydrogen) atoms. The van der Waals surface area contributed by atoms with Crippen molar-refractivity contribution in [2.75, 3.05) is 5.73 Å². The minimum Gasteiger partial charge on any atom is -0.379 e. The van der Waals surface area contributed by atoms with Gasteiger partial charge in [-0.15, -0.1) is 0 Å². The highest BCUT2D eigenvalue weighted by molar-refractivity contribution is 5.60. The highest BCUT2D eigenvalue weighted by atomic mass is 19.4. The summed E-state index contributed by atoms with van der Waals surface area (Å²) >= 11 is 0. The van der Waals surface area contributed by atoms with Crippen molar-refractivity contribution in [3.05, 3.63) is 5.82 Å². The first-order valence-electron chi connectivity index (χ1n) is 3.93. The quantitative estimate of drug-likeness (QED) is 0.820. The Bertz CT molecular complexity index is 490. The molecule has 0 atom stereocenters. The van der Waals surface area contributed by atoms with Crippen LogP contribution in [0.4, 0.5) is 19.0 Å². The van der Waals surface area contributed by atoms with E-state index in [1.54, 1.807) is 0 Å². The van der Waals surface area contributed by atoms with Gasteiger partial charge in [-0.25, -0.2) is 4.63 Å². The van der Waals surface area contributed by atoms with Crippen LogP contribution in [0.25, 0.3) is 11.6 Å². The summed E-state index contributed by atoms with van der Waals surface area (Å²) in [5.41, 5.74) is 5.21. The Balaban J connectivity index is 2.24. The number of nitrogens with zero attached hydrogens (tertiary/aromatic N) is 4. The third kappa shape index (κ3) is 2.10. The summed E-state index contributed by atoms with van der Waals surface area (Å²) in [5.74, 6) is -0.912. The standard InChI is InChI=1S/C6H4F3N5O2/c7-6(8,9)1-2-11-5(15-12-2)3-4(10)14-16-13-3/h1H2,(H2,10,14). The fraction of sp³-hybridized carbons (Fsp3) is 0.333. The topological polar surface area (TPSA) is 104 Å². The van der Waals surface area contributed by atoms with Gasteiger partial charge in [0.15, 0.2) is 5.82 Å². The van der Waals surface area contributed by atoms with E-state index in [4.69, 9.17) is 5.73 Å². The summed E-state index contributed by atoms with van der Waals surface area (Å²) in [6, 6.07) is 0. The first-order chi connectivity index (χ1) is 7.46. The molecule has 2 heterocycles. The normalized spacial score (nSPS) is 11.9. The molecule has 0 spiro atoms. The van der Waals surface area contributed by atoms with Gasteiger partial charge in [0.1, 0.15) is 6.42 Å². The molecule has 0 aliphatic rings. The van der Waals surface area contributed by atoms with Crippen molar-refractivity contribution < 1.29 is 22.3 Å². The van der Waals surface area contributed by atoms with E-state index in [9.17, 15) is 13.2 Å². The van der Waals surface area contributed by atoms with E-state index >= 15 is 0 Å². The second kappa shape index (κ2) is 3.47. The minimum absolute atomic E-state index is 0.0825. The number of hydrogen-bond donors (Lipinski definition) is 1. The molecule has 2 aromatic rings. The van der Waals surface area contributed by atoms with Crippen LogP contribution >= 0.6 is 0 Å². The molecule has 2 rings (SSSR count). The summed E-state index contributed by atoms with van der Waals surface area (Å²) in [7, 11) is 0. The fourth-order valence-electron chi connectivity index (χ4n) is 0.945. The van der Waals surface area contributed by atoms with E-state index in [1.807, 2.05) is 0 Å². The number of halogens is 3. The average molecular weight is 235 g/mol. The van der Waals surface area contributed by atoms with Crippen molar-refractivity contribution in [2.45, 2.75) is 12.6 Å². The van der Waals surface area contributed by atoms with Gasteiger partial charge >= 0.3 is 6.18 Å². The lowest BCUT2D eigenvalue weighted by molar-refractivity contribution is -0.128. The van der Waals surface area contributed by atoms with Gasteiger partial charge in [-0.3, -0.25) is 0 Å². The second-order valence-electron chi connectivity index (χ2n) is 2.81. The zero-order valence-electron chi connectivity index (χ0n) is 7.52. The molecule has 2 aromatic heterocycles. The molecule has 0 amide bonds. The van der Waals surface area contributed by atoms with Crippen LogP contribution < -0.4 is 5.73 Å². The number of anilines is 1. The third-order valence-electron chi connectivity index (χ3n) is 1.54. The molecule has 0 radical (unpaired) electrons. The lowest BCUT2D eigenvalue weighted by Gasteiger charge is -1.99. The minimum atomic E-state index is -4.41. The van der Waals surface area contributed by atoms with Gasteiger partial charge in [-0.05, 0) is 10.3 Å². The van der Waals surface area contributed by atoms with Crippen LogP contribution in [0.15, 0.2) is 9.15 Å². The number of alkyl halides is 3. The Morgan fingerprint density at radius 2 is 1.94 bits per heavy atom. The molecular formula is C6H4F3N5O2. The number of rotatable bonds is 2. The maximum Gasteiger partial charge on any atom is 0.396 e. The Hall–Kier alpha value is -2.13. The molecule has 10 heteroatoms. The van der Waals surface area contributed by atoms with Gasteiger partial charge in [-0.2, -0.15) is 18.2 Å². The highest BCUT2D eigenvalue weighted by Crippen LogP contribution is 2.23. The maximum absolute atomic E-state index is 12.0. The Morgan fingerprint density at radius 3 is 2.50 bits per heavy atom. The van der Waals surface area contributed by atoms with Crippen LogP contribution in [0.1, 0.15) is 5.82 Å². The predicted octanol–water partition coefficient (Wildman–Crippen LogP) is 0.807. The molecule has 0 bridgehead atoms. The smallest absolute Gasteiger partial charge is 0.379 e. The first-order valence-corrected chi connectivity index (χ1v) is 3.93. The molecule has 0 aromatic carbocycles. The second-order valence-corrected chi connectivity index (χ2v) is 2.81. The number of nitrogens with two attached hydrogens (primary N) is 1. The molecule has 7 nitrogen and oxygen atoms in total. The zero-order valence-corrected chi connectivity index (χ0v) is 7.52. The Labute approximate surface area is 85.4 Å². The predicted molar refractivity (Wildman–Crippen MR) is 41.8 cm³/mol. The van der Waals surface area contributed by atoms with Crippen LogP contribution in [0.2, 0.25) is 0 Å². The van der Waals surface area contributed by atoms with E-state index in [2.05, 4.69) is 29.6 Å². The van der Waals surface area contributed by atoms with Crippen molar-refractivity contribution >= 4 is 5.82 Å². The number of aromatic nitrogens is 4. The van der Waals surface area contributed by atoms with E-state index in [1.165, 1.54) is 0 Å². The SMILES string of the molecule is Nc1nonc1-c1nc(CC(F)(F)F)no1. The van der Waals surface area contributed by atoms with Crippen molar-refractivity contribution in [2.24, 2.45) is 0 Å². The van der Waals surface area contributed by atoms with E-state index in [0.29, 0.717) is 0 Å². The van der Waals surface area contributed by atoms with Crippen molar-refractivity contribution in [1.29, 1.82) is 0 Å². The average Bonchev–Trinajstić information content (AvgIpc) is 2.71. The van der Waals surface area contributed by atoms with Crippen molar-refractivity contribution in [1.82, 2.24) is 20.5 Å². The van der Waals surface area contributed by atoms with Crippen LogP contribution in [-0.4, -0.2) is 26.6 Å². The summed E-state index contributed by atoms with van der Waals surface area (Å²) < 4.78 is 44.7. The number of nitrogen functional groups attached to an aromatic ring is 1. The van der Waals surface area contributed by atoms with Gasteiger partial charge in [0.05, 0.1) is 0 Å². The van der Waals surface area contributed by atoms with Crippen LogP contribution in [0, 0.1) is 0 Å². The van der Waals surface area contributed by atoms with Gasteiger partial charge < -0.3 is 10.3 Å². The molecule has 0 saturated carbocycles. The monoisotopic (exact) mass is 235 g/mol. The summed E-state index contributed by atoms with van der Waals surface area (Å²) in [6.45, 7) is 0. The molecule has 0 saturated heterocycles. The summed E-state index contributed by atoms with van der Waals surface area (Å²) in [5, 5.41) is 9.65. The van der Waals surface area contributed by atoms with E-state index < -0.39 is 18.4 Å². The molecule has 0 unspecified atom stereocenters. The van der Waals surface area contributed by atoms with Gasteiger partial charge in [0.25, 0.3) is 5.89 Å². The molecule has 2 N–H and O–H groups in total. The Morgan fingerprint density at radius 1 is 1.19 bits per heavy atom. The van der Waals surface area contributed by atoms with Crippen LogP contribution in [0.3, 0.4) is 0 Å². The molecular weight excluding hydrogens is 231 g/mol. The van der Waals surface area contributed by atoms with Crippen LogP contribution in [0.5, 0.6) is 0 Å². The van der Waals surface area contributed by atoms with Gasteiger partial charge in [0, 0.05) is 0 Å². The molecule has 0 aliphatic carbocycles. The Kier molecular flexibility index (Phi) is 2.25. The summed E-state index contributed by atoms with van der Waals surface area (Å²) in [4.78, 5) is 3.46. The highest BCUT2D eigenvalue weighted by Gasteiger charge is 2.31. The maximum atomic E-state index is 12.0. The third-order valence-corrected chi connectivity index (χ3v) is 1.54. The molecule has 0 aliphatic heterocycles. The van der Waals surface area contributed by atoms with E-state index in [0.717, 1.165) is 0 Å². The summed E-state index contributed by atoms with van der Waals surface area (Å²) in [6.07, 6.45) is -5.70. The van der Waals surface area contributed by atoms with Gasteiger partial charge in [0.2, 0.25) is 11.5 Å². The molecule has 0 fully saturated rings. The zero-order chi connectivity index (χ0) is 11.8. The first kappa shape index (κ1) is 10.4. The lowest BCUT2D eigenvalue weighted by atomic mass is 10.4. The molecule has 86 valence electrons. The van der Waals surface area contributed by atoms with Gasteiger partial charge in [-0.1, -0.05) is 5.16 Å². The number of hydrogen-bond acceptors (Lipinski definition) is 7. The van der Waals surface area contributed by atoms with E-state index in [-0.39, 0.29) is 17.4 Å².